The number of halogens is 3. The van der Waals surface area contributed by atoms with Gasteiger partial charge in [-0.25, -0.2) is 0 Å². The summed E-state index contributed by atoms with van der Waals surface area (Å²) < 4.78 is 36.7. The normalized spacial score (nSPS) is 11.2. The van der Waals surface area contributed by atoms with Gasteiger partial charge in [-0.3, -0.25) is 4.79 Å². The Hall–Kier alpha value is -1.92. The Morgan fingerprint density at radius 1 is 1.40 bits per heavy atom. The van der Waals surface area contributed by atoms with E-state index in [1.165, 1.54) is 24.1 Å². The van der Waals surface area contributed by atoms with E-state index in [0.29, 0.717) is 23.5 Å². The molecule has 0 aliphatic carbocycles. The second-order valence-electron chi connectivity index (χ2n) is 4.42. The van der Waals surface area contributed by atoms with Crippen LogP contribution in [0.2, 0.25) is 0 Å². The maximum absolute atomic E-state index is 12.2. The van der Waals surface area contributed by atoms with Crippen LogP contribution in [0.1, 0.15) is 23.7 Å². The lowest BCUT2D eigenvalue weighted by Crippen LogP contribution is -2.26. The fraction of sp³-hybridized carbons (Fsp3) is 0.462. The molecule has 20 heavy (non-hydrogen) atoms. The van der Waals surface area contributed by atoms with E-state index < -0.39 is 12.6 Å². The highest BCUT2D eigenvalue weighted by Crippen LogP contribution is 2.26. The number of nitrogens with two attached hydrogens (primary N) is 1. The van der Waals surface area contributed by atoms with Gasteiger partial charge in [0.2, 0.25) is 0 Å². The van der Waals surface area contributed by atoms with Crippen molar-refractivity contribution in [1.82, 2.24) is 5.32 Å². The average molecular weight is 289 g/mol. The highest BCUT2D eigenvalue weighted by atomic mass is 19.4. The van der Waals surface area contributed by atoms with Gasteiger partial charge >= 0.3 is 6.18 Å². The van der Waals surface area contributed by atoms with Crippen molar-refractivity contribution in [3.05, 3.63) is 23.8 Å². The van der Waals surface area contributed by atoms with Crippen molar-refractivity contribution in [3.63, 3.8) is 0 Å². The quantitative estimate of drug-likeness (QED) is 0.818. The van der Waals surface area contributed by atoms with Crippen LogP contribution in [-0.4, -0.2) is 32.2 Å². The van der Waals surface area contributed by atoms with Crippen molar-refractivity contribution >= 4 is 17.3 Å². The first-order valence-corrected chi connectivity index (χ1v) is 6.20. The molecule has 0 aliphatic rings. The lowest BCUT2D eigenvalue weighted by Gasteiger charge is -2.22. The third kappa shape index (κ3) is 4.64. The molecule has 0 saturated heterocycles. The molecular weight excluding hydrogens is 271 g/mol. The molecule has 0 saturated carbocycles. The number of nitrogen functional groups attached to an aromatic ring is 1. The summed E-state index contributed by atoms with van der Waals surface area (Å²) in [6, 6.07) is 4.56. The number of nitrogens with zero attached hydrogens (tertiary/aromatic N) is 1. The van der Waals surface area contributed by atoms with Crippen molar-refractivity contribution in [2.24, 2.45) is 0 Å². The van der Waals surface area contributed by atoms with Gasteiger partial charge in [0.15, 0.2) is 0 Å². The highest BCUT2D eigenvalue weighted by Gasteiger charge is 2.27. The van der Waals surface area contributed by atoms with Gasteiger partial charge in [0, 0.05) is 25.7 Å². The van der Waals surface area contributed by atoms with E-state index in [1.807, 2.05) is 0 Å². The molecule has 0 aromatic heterocycles. The van der Waals surface area contributed by atoms with Crippen LogP contribution >= 0.6 is 0 Å². The number of carbonyl (C=O) groups is 1. The zero-order valence-electron chi connectivity index (χ0n) is 11.4. The Bertz CT molecular complexity index is 474. The molecule has 1 rings (SSSR count). The largest absolute Gasteiger partial charge is 0.397 e. The van der Waals surface area contributed by atoms with E-state index in [1.54, 1.807) is 13.0 Å². The Kier molecular flexibility index (Phi) is 5.24. The van der Waals surface area contributed by atoms with Crippen molar-refractivity contribution in [2.45, 2.75) is 19.5 Å². The number of alkyl halides is 3. The summed E-state index contributed by atoms with van der Waals surface area (Å²) >= 11 is 0. The molecule has 0 aliphatic heterocycles. The van der Waals surface area contributed by atoms with Crippen LogP contribution < -0.4 is 16.0 Å². The Labute approximate surface area is 115 Å². The summed E-state index contributed by atoms with van der Waals surface area (Å²) in [6.07, 6.45) is -5.16. The number of hydrogen-bond donors (Lipinski definition) is 2. The van der Waals surface area contributed by atoms with Crippen LogP contribution in [0.3, 0.4) is 0 Å². The van der Waals surface area contributed by atoms with Crippen LogP contribution in [-0.2, 0) is 0 Å². The van der Waals surface area contributed by atoms with Crippen molar-refractivity contribution in [1.29, 1.82) is 0 Å². The molecule has 0 heterocycles. The minimum Gasteiger partial charge on any atom is -0.397 e. The first kappa shape index (κ1) is 16.1. The van der Waals surface area contributed by atoms with E-state index >= 15 is 0 Å². The SMILES string of the molecule is CCNC(=O)c1ccc(N)c(N(C)CCC(F)(F)F)c1. The number of carbonyl (C=O) groups excluding carboxylic acids is 1. The number of amides is 1. The molecule has 0 bridgehead atoms. The third-order valence-electron chi connectivity index (χ3n) is 2.77. The third-order valence-corrected chi connectivity index (χ3v) is 2.77. The molecule has 1 aromatic rings. The van der Waals surface area contributed by atoms with Crippen LogP contribution in [0.5, 0.6) is 0 Å². The van der Waals surface area contributed by atoms with Gasteiger partial charge in [-0.1, -0.05) is 0 Å². The van der Waals surface area contributed by atoms with Crippen LogP contribution in [0.25, 0.3) is 0 Å². The van der Waals surface area contributed by atoms with Gasteiger partial charge in [0.05, 0.1) is 17.8 Å². The Morgan fingerprint density at radius 3 is 2.60 bits per heavy atom. The van der Waals surface area contributed by atoms with E-state index in [9.17, 15) is 18.0 Å². The van der Waals surface area contributed by atoms with E-state index in [4.69, 9.17) is 5.73 Å². The smallest absolute Gasteiger partial charge is 0.390 e. The standard InChI is InChI=1S/C13H18F3N3O/c1-3-18-12(20)9-4-5-10(17)11(8-9)19(2)7-6-13(14,15)16/h4-5,8H,3,6-7,17H2,1-2H3,(H,18,20). The summed E-state index contributed by atoms with van der Waals surface area (Å²) in [5.74, 6) is -0.280. The topological polar surface area (TPSA) is 58.4 Å². The van der Waals surface area contributed by atoms with Gasteiger partial charge in [0.1, 0.15) is 0 Å². The minimum atomic E-state index is -4.22. The van der Waals surface area contributed by atoms with Crippen LogP contribution in [0, 0.1) is 0 Å². The Balaban J connectivity index is 2.88. The predicted octanol–water partition coefficient (Wildman–Crippen LogP) is 2.41. The average Bonchev–Trinajstić information content (AvgIpc) is 2.36. The van der Waals surface area contributed by atoms with Crippen LogP contribution in [0.15, 0.2) is 18.2 Å². The van der Waals surface area contributed by atoms with Gasteiger partial charge in [-0.05, 0) is 25.1 Å². The number of nitrogens with one attached hydrogen (secondary N) is 1. The second kappa shape index (κ2) is 6.49. The van der Waals surface area contributed by atoms with Crippen molar-refractivity contribution < 1.29 is 18.0 Å². The molecule has 0 unspecified atom stereocenters. The fourth-order valence-corrected chi connectivity index (χ4v) is 1.69. The fourth-order valence-electron chi connectivity index (χ4n) is 1.69. The molecule has 0 fully saturated rings. The Morgan fingerprint density at radius 2 is 2.05 bits per heavy atom. The van der Waals surface area contributed by atoms with Crippen molar-refractivity contribution in [2.75, 3.05) is 30.8 Å². The maximum Gasteiger partial charge on any atom is 0.390 e. The van der Waals surface area contributed by atoms with Gasteiger partial charge in [-0.2, -0.15) is 13.2 Å². The molecular formula is C13H18F3N3O. The van der Waals surface area contributed by atoms with Crippen molar-refractivity contribution in [3.8, 4) is 0 Å². The summed E-state index contributed by atoms with van der Waals surface area (Å²) in [7, 11) is 1.51. The van der Waals surface area contributed by atoms with Crippen LogP contribution in [0.4, 0.5) is 24.5 Å². The van der Waals surface area contributed by atoms with Gasteiger partial charge < -0.3 is 16.0 Å². The molecule has 4 nitrogen and oxygen atoms in total. The molecule has 0 atom stereocenters. The molecule has 1 amide bonds. The lowest BCUT2D eigenvalue weighted by molar-refractivity contribution is -0.132. The zero-order valence-corrected chi connectivity index (χ0v) is 11.4. The summed E-state index contributed by atoms with van der Waals surface area (Å²) in [5, 5.41) is 2.63. The molecule has 3 N–H and O–H groups in total. The molecule has 0 radical (unpaired) electrons. The second-order valence-corrected chi connectivity index (χ2v) is 4.42. The molecule has 1 aromatic carbocycles. The molecule has 7 heteroatoms. The van der Waals surface area contributed by atoms with E-state index in [-0.39, 0.29) is 12.5 Å². The lowest BCUT2D eigenvalue weighted by atomic mass is 10.1. The summed E-state index contributed by atoms with van der Waals surface area (Å²) in [5.41, 5.74) is 6.87. The predicted molar refractivity (Wildman–Crippen MR) is 72.8 cm³/mol. The highest BCUT2D eigenvalue weighted by molar-refractivity contribution is 5.96. The maximum atomic E-state index is 12.2. The summed E-state index contributed by atoms with van der Waals surface area (Å²) in [6.45, 7) is 2.04. The molecule has 0 spiro atoms. The van der Waals surface area contributed by atoms with E-state index in [0.717, 1.165) is 0 Å². The number of benzene rings is 1. The minimum absolute atomic E-state index is 0.216. The van der Waals surface area contributed by atoms with Gasteiger partial charge in [-0.15, -0.1) is 0 Å². The summed E-state index contributed by atoms with van der Waals surface area (Å²) in [4.78, 5) is 13.1. The number of anilines is 2. The first-order chi connectivity index (χ1) is 9.24. The van der Waals surface area contributed by atoms with Gasteiger partial charge in [0.25, 0.3) is 5.91 Å². The first-order valence-electron chi connectivity index (χ1n) is 6.20. The monoisotopic (exact) mass is 289 g/mol. The molecule has 112 valence electrons. The zero-order chi connectivity index (χ0) is 15.3. The van der Waals surface area contributed by atoms with E-state index in [2.05, 4.69) is 5.32 Å². The number of hydrogen-bond acceptors (Lipinski definition) is 3. The number of rotatable bonds is 5.